The Kier molecular flexibility index (Phi) is 8.86. The van der Waals surface area contributed by atoms with Crippen molar-refractivity contribution < 1.29 is 24.2 Å². The molecule has 0 unspecified atom stereocenters. The number of amides is 2. The van der Waals surface area contributed by atoms with Crippen molar-refractivity contribution in [2.75, 3.05) is 23.0 Å². The summed E-state index contributed by atoms with van der Waals surface area (Å²) in [5.41, 5.74) is 9.03. The van der Waals surface area contributed by atoms with E-state index in [0.717, 1.165) is 5.56 Å². The maximum absolute atomic E-state index is 12.7. The first-order chi connectivity index (χ1) is 16.9. The smallest absolute Gasteiger partial charge is 0.412 e. The van der Waals surface area contributed by atoms with Gasteiger partial charge in [0.15, 0.2) is 6.10 Å². The lowest BCUT2D eigenvalue weighted by atomic mass is 10.0. The summed E-state index contributed by atoms with van der Waals surface area (Å²) in [5.74, 6) is -0.346. The molecule has 8 heteroatoms. The summed E-state index contributed by atoms with van der Waals surface area (Å²) >= 11 is 0. The van der Waals surface area contributed by atoms with Gasteiger partial charge in [0.05, 0.1) is 11.4 Å². The number of hydrogen-bond donors (Lipinski definition) is 4. The molecule has 3 rings (SSSR count). The van der Waals surface area contributed by atoms with E-state index in [2.05, 4.69) is 10.6 Å². The summed E-state index contributed by atoms with van der Waals surface area (Å²) in [6.07, 6.45) is 0.460. The highest BCUT2D eigenvalue weighted by molar-refractivity contribution is 6.01. The topological polar surface area (TPSA) is 123 Å². The summed E-state index contributed by atoms with van der Waals surface area (Å²) < 4.78 is 11.6. The third-order valence-corrected chi connectivity index (χ3v) is 5.07. The maximum Gasteiger partial charge on any atom is 0.412 e. The number of nitrogens with one attached hydrogen (secondary N) is 2. The van der Waals surface area contributed by atoms with E-state index < -0.39 is 24.2 Å². The SMILES string of the molecule is CCO[C@H](/C=C/C(=O)Nc1ccccc1N)[C@H](OC(=O)Nc1ccc(C)cc1)c1ccc(O)cc1. The van der Waals surface area contributed by atoms with Gasteiger partial charge in [0, 0.05) is 18.4 Å². The van der Waals surface area contributed by atoms with Crippen LogP contribution < -0.4 is 16.4 Å². The molecule has 182 valence electrons. The Hall–Kier alpha value is -4.30. The number of nitrogens with two attached hydrogens (primary N) is 1. The fourth-order valence-corrected chi connectivity index (χ4v) is 3.29. The molecule has 2 atom stereocenters. The number of carbonyl (C=O) groups excluding carboxylic acids is 2. The van der Waals surface area contributed by atoms with Gasteiger partial charge < -0.3 is 25.6 Å². The van der Waals surface area contributed by atoms with E-state index in [1.165, 1.54) is 24.3 Å². The molecule has 0 spiro atoms. The molecule has 0 heterocycles. The first-order valence-electron chi connectivity index (χ1n) is 11.1. The van der Waals surface area contributed by atoms with Gasteiger partial charge in [0.1, 0.15) is 11.9 Å². The monoisotopic (exact) mass is 475 g/mol. The van der Waals surface area contributed by atoms with Crippen LogP contribution in [0.5, 0.6) is 5.75 Å². The fourth-order valence-electron chi connectivity index (χ4n) is 3.29. The zero-order valence-electron chi connectivity index (χ0n) is 19.6. The summed E-state index contributed by atoms with van der Waals surface area (Å²) in [5, 5.41) is 15.1. The van der Waals surface area contributed by atoms with E-state index in [4.69, 9.17) is 15.2 Å². The number of hydrogen-bond acceptors (Lipinski definition) is 6. The lowest BCUT2D eigenvalue weighted by Gasteiger charge is -2.25. The van der Waals surface area contributed by atoms with Gasteiger partial charge in [-0.15, -0.1) is 0 Å². The van der Waals surface area contributed by atoms with Crippen LogP contribution in [0.4, 0.5) is 21.9 Å². The van der Waals surface area contributed by atoms with E-state index in [1.54, 1.807) is 55.5 Å². The summed E-state index contributed by atoms with van der Waals surface area (Å²) in [6.45, 7) is 4.05. The van der Waals surface area contributed by atoms with Crippen LogP contribution in [0.25, 0.3) is 0 Å². The molecule has 0 saturated heterocycles. The van der Waals surface area contributed by atoms with Gasteiger partial charge in [-0.2, -0.15) is 0 Å². The number of nitrogen functional groups attached to an aromatic ring is 1. The molecule has 35 heavy (non-hydrogen) atoms. The Morgan fingerprint density at radius 2 is 1.69 bits per heavy atom. The van der Waals surface area contributed by atoms with Gasteiger partial charge >= 0.3 is 6.09 Å². The van der Waals surface area contributed by atoms with E-state index >= 15 is 0 Å². The molecule has 2 amide bonds. The van der Waals surface area contributed by atoms with Crippen LogP contribution in [0.3, 0.4) is 0 Å². The van der Waals surface area contributed by atoms with Crippen molar-refractivity contribution in [1.82, 2.24) is 0 Å². The molecule has 3 aromatic rings. The fraction of sp³-hybridized carbons (Fsp3) is 0.185. The molecular formula is C27H29N3O5. The van der Waals surface area contributed by atoms with Gasteiger partial charge in [-0.25, -0.2) is 4.79 Å². The van der Waals surface area contributed by atoms with Crippen LogP contribution in [0, 0.1) is 6.92 Å². The largest absolute Gasteiger partial charge is 0.508 e. The standard InChI is InChI=1S/C27H29N3O5/c1-3-34-24(16-17-25(32)30-23-7-5-4-6-22(23)28)26(19-10-14-21(31)15-11-19)35-27(33)29-20-12-8-18(2)9-13-20/h4-17,24,26,31H,3,28H2,1-2H3,(H,29,33)(H,30,32)/b17-16+/t24-,26-/m1/s1. The van der Waals surface area contributed by atoms with Gasteiger partial charge in [-0.3, -0.25) is 10.1 Å². The number of carbonyl (C=O) groups is 2. The van der Waals surface area contributed by atoms with Crippen LogP contribution in [-0.2, 0) is 14.3 Å². The lowest BCUT2D eigenvalue weighted by Crippen LogP contribution is -2.28. The number of rotatable bonds is 9. The third-order valence-electron chi connectivity index (χ3n) is 5.07. The zero-order valence-corrected chi connectivity index (χ0v) is 19.6. The van der Waals surface area contributed by atoms with Gasteiger partial charge in [0.25, 0.3) is 0 Å². The van der Waals surface area contributed by atoms with Crippen molar-refractivity contribution in [3.63, 3.8) is 0 Å². The van der Waals surface area contributed by atoms with Crippen LogP contribution in [0.2, 0.25) is 0 Å². The number of aromatic hydroxyl groups is 1. The first kappa shape index (κ1) is 25.3. The van der Waals surface area contributed by atoms with Crippen molar-refractivity contribution in [3.05, 3.63) is 96.1 Å². The minimum absolute atomic E-state index is 0.0694. The molecule has 5 N–H and O–H groups in total. The second kappa shape index (κ2) is 12.2. The van der Waals surface area contributed by atoms with Gasteiger partial charge in [-0.1, -0.05) is 42.0 Å². The molecular weight excluding hydrogens is 446 g/mol. The zero-order chi connectivity index (χ0) is 25.2. The molecule has 0 aliphatic rings. The predicted molar refractivity (Wildman–Crippen MR) is 136 cm³/mol. The van der Waals surface area contributed by atoms with Crippen molar-refractivity contribution in [2.45, 2.75) is 26.1 Å². The minimum Gasteiger partial charge on any atom is -0.508 e. The normalized spacial score (nSPS) is 12.6. The minimum atomic E-state index is -0.896. The second-order valence-corrected chi connectivity index (χ2v) is 7.76. The molecule has 8 nitrogen and oxygen atoms in total. The Morgan fingerprint density at radius 3 is 2.34 bits per heavy atom. The average molecular weight is 476 g/mol. The summed E-state index contributed by atoms with van der Waals surface area (Å²) in [6, 6.07) is 20.4. The van der Waals surface area contributed by atoms with E-state index in [0.29, 0.717) is 29.2 Å². The number of phenolic OH excluding ortho intramolecular Hbond substituents is 1. The molecule has 0 aromatic heterocycles. The molecule has 0 aliphatic carbocycles. The van der Waals surface area contributed by atoms with E-state index in [-0.39, 0.29) is 5.75 Å². The third kappa shape index (κ3) is 7.62. The van der Waals surface area contributed by atoms with Crippen LogP contribution in [0.15, 0.2) is 84.9 Å². The number of ether oxygens (including phenoxy) is 2. The first-order valence-corrected chi connectivity index (χ1v) is 11.1. The number of phenols is 1. The van der Waals surface area contributed by atoms with Gasteiger partial charge in [-0.05, 0) is 61.9 Å². The highest BCUT2D eigenvalue weighted by Crippen LogP contribution is 2.27. The summed E-state index contributed by atoms with van der Waals surface area (Å²) in [7, 11) is 0. The van der Waals surface area contributed by atoms with Crippen LogP contribution in [0.1, 0.15) is 24.2 Å². The number of benzene rings is 3. The highest BCUT2D eigenvalue weighted by atomic mass is 16.6. The highest BCUT2D eigenvalue weighted by Gasteiger charge is 2.26. The summed E-state index contributed by atoms with van der Waals surface area (Å²) in [4.78, 5) is 25.2. The molecule has 0 radical (unpaired) electrons. The second-order valence-electron chi connectivity index (χ2n) is 7.76. The quantitative estimate of drug-likeness (QED) is 0.250. The van der Waals surface area contributed by atoms with E-state index in [1.807, 2.05) is 19.1 Å². The Morgan fingerprint density at radius 1 is 1.00 bits per heavy atom. The van der Waals surface area contributed by atoms with Crippen molar-refractivity contribution in [1.29, 1.82) is 0 Å². The maximum atomic E-state index is 12.7. The molecule has 0 aliphatic heterocycles. The molecule has 0 saturated carbocycles. The van der Waals surface area contributed by atoms with Crippen molar-refractivity contribution >= 4 is 29.1 Å². The Bertz CT molecular complexity index is 1160. The molecule has 0 bridgehead atoms. The average Bonchev–Trinajstić information content (AvgIpc) is 2.84. The lowest BCUT2D eigenvalue weighted by molar-refractivity contribution is -0.112. The van der Waals surface area contributed by atoms with E-state index in [9.17, 15) is 14.7 Å². The number of para-hydroxylation sites is 2. The van der Waals surface area contributed by atoms with Crippen LogP contribution >= 0.6 is 0 Å². The predicted octanol–water partition coefficient (Wildman–Crippen LogP) is 5.17. The Labute approximate surface area is 204 Å². The van der Waals surface area contributed by atoms with Crippen LogP contribution in [-0.4, -0.2) is 29.8 Å². The van der Waals surface area contributed by atoms with Gasteiger partial charge in [0.2, 0.25) is 5.91 Å². The molecule has 0 fully saturated rings. The Balaban J connectivity index is 1.80. The number of aryl methyl sites for hydroxylation is 1. The van der Waals surface area contributed by atoms with Crippen molar-refractivity contribution in [2.24, 2.45) is 0 Å². The molecule has 3 aromatic carbocycles. The number of anilines is 3. The van der Waals surface area contributed by atoms with Crippen molar-refractivity contribution in [3.8, 4) is 5.75 Å².